The molecule has 1 aliphatic heterocycles. The van der Waals surface area contributed by atoms with E-state index in [9.17, 15) is 8.42 Å². The summed E-state index contributed by atoms with van der Waals surface area (Å²) in [6, 6.07) is 10.7. The molecule has 0 saturated carbocycles. The third-order valence-electron chi connectivity index (χ3n) is 3.90. The molecule has 0 radical (unpaired) electrons. The highest BCUT2D eigenvalue weighted by Crippen LogP contribution is 2.36. The van der Waals surface area contributed by atoms with Crippen LogP contribution < -0.4 is 0 Å². The van der Waals surface area contributed by atoms with E-state index in [0.717, 1.165) is 24.0 Å². The fourth-order valence-corrected chi connectivity index (χ4v) is 4.46. The largest absolute Gasteiger partial charge is 0.264 e. The van der Waals surface area contributed by atoms with Crippen molar-refractivity contribution in [2.24, 2.45) is 0 Å². The summed E-state index contributed by atoms with van der Waals surface area (Å²) >= 11 is 0. The summed E-state index contributed by atoms with van der Waals surface area (Å²) in [6.45, 7) is 2.51. The highest BCUT2D eigenvalue weighted by molar-refractivity contribution is 7.89. The summed E-state index contributed by atoms with van der Waals surface area (Å²) in [4.78, 5) is 4.47. The highest BCUT2D eigenvalue weighted by Gasteiger charge is 2.36. The van der Waals surface area contributed by atoms with E-state index in [0.29, 0.717) is 11.4 Å². The predicted octanol–water partition coefficient (Wildman–Crippen LogP) is 2.92. The van der Waals surface area contributed by atoms with Gasteiger partial charge in [-0.25, -0.2) is 8.42 Å². The maximum absolute atomic E-state index is 12.8. The van der Waals surface area contributed by atoms with Crippen LogP contribution in [0.3, 0.4) is 0 Å². The van der Waals surface area contributed by atoms with Crippen molar-refractivity contribution in [3.05, 3.63) is 59.9 Å². The molecule has 1 fully saturated rings. The van der Waals surface area contributed by atoms with E-state index in [1.165, 1.54) is 0 Å². The van der Waals surface area contributed by atoms with Gasteiger partial charge >= 0.3 is 0 Å². The summed E-state index contributed by atoms with van der Waals surface area (Å²) in [5.74, 6) is 0. The van der Waals surface area contributed by atoms with Crippen LogP contribution in [0.25, 0.3) is 0 Å². The van der Waals surface area contributed by atoms with Crippen molar-refractivity contribution in [3.8, 4) is 0 Å². The first-order valence-corrected chi connectivity index (χ1v) is 8.51. The first-order chi connectivity index (χ1) is 10.1. The Kier molecular flexibility index (Phi) is 3.78. The van der Waals surface area contributed by atoms with Crippen LogP contribution in [0, 0.1) is 6.92 Å². The van der Waals surface area contributed by atoms with Crippen LogP contribution in [-0.2, 0) is 10.0 Å². The SMILES string of the molecule is Cc1ccc(S(=O)(=O)N2CCC[C@@H]2c2cccnc2)cc1. The van der Waals surface area contributed by atoms with E-state index < -0.39 is 10.0 Å². The summed E-state index contributed by atoms with van der Waals surface area (Å²) in [6.07, 6.45) is 5.19. The second kappa shape index (κ2) is 5.58. The van der Waals surface area contributed by atoms with Gasteiger partial charge in [0.2, 0.25) is 10.0 Å². The van der Waals surface area contributed by atoms with E-state index in [4.69, 9.17) is 0 Å². The molecule has 1 saturated heterocycles. The molecule has 0 unspecified atom stereocenters. The molecule has 0 spiro atoms. The highest BCUT2D eigenvalue weighted by atomic mass is 32.2. The molecule has 21 heavy (non-hydrogen) atoms. The topological polar surface area (TPSA) is 50.3 Å². The lowest BCUT2D eigenvalue weighted by molar-refractivity contribution is 0.396. The minimum Gasteiger partial charge on any atom is -0.264 e. The average molecular weight is 302 g/mol. The molecule has 110 valence electrons. The molecular formula is C16H18N2O2S. The number of hydrogen-bond acceptors (Lipinski definition) is 3. The second-order valence-electron chi connectivity index (χ2n) is 5.37. The van der Waals surface area contributed by atoms with Gasteiger partial charge in [-0.15, -0.1) is 0 Å². The molecule has 0 N–H and O–H groups in total. The molecule has 0 amide bonds. The number of pyridine rings is 1. The standard InChI is InChI=1S/C16H18N2O2S/c1-13-6-8-15(9-7-13)21(19,20)18-11-3-5-16(18)14-4-2-10-17-12-14/h2,4,6-10,12,16H,3,5,11H2,1H3/t16-/m1/s1. The van der Waals surface area contributed by atoms with Crippen molar-refractivity contribution in [2.45, 2.75) is 30.7 Å². The van der Waals surface area contributed by atoms with Crippen molar-refractivity contribution in [1.82, 2.24) is 9.29 Å². The van der Waals surface area contributed by atoms with Gasteiger partial charge in [0.15, 0.2) is 0 Å². The number of benzene rings is 1. The van der Waals surface area contributed by atoms with Gasteiger partial charge < -0.3 is 0 Å². The van der Waals surface area contributed by atoms with Crippen LogP contribution in [0.4, 0.5) is 0 Å². The van der Waals surface area contributed by atoms with E-state index in [-0.39, 0.29) is 6.04 Å². The minimum absolute atomic E-state index is 0.106. The first kappa shape index (κ1) is 14.2. The van der Waals surface area contributed by atoms with E-state index >= 15 is 0 Å². The van der Waals surface area contributed by atoms with Gasteiger partial charge in [-0.2, -0.15) is 4.31 Å². The van der Waals surface area contributed by atoms with Crippen LogP contribution in [0.15, 0.2) is 53.7 Å². The smallest absolute Gasteiger partial charge is 0.243 e. The van der Waals surface area contributed by atoms with E-state index in [1.54, 1.807) is 28.8 Å². The van der Waals surface area contributed by atoms with Crippen molar-refractivity contribution < 1.29 is 8.42 Å². The quantitative estimate of drug-likeness (QED) is 0.876. The lowest BCUT2D eigenvalue weighted by atomic mass is 10.1. The van der Waals surface area contributed by atoms with Gasteiger partial charge in [0.25, 0.3) is 0 Å². The monoisotopic (exact) mass is 302 g/mol. The number of hydrogen-bond donors (Lipinski definition) is 0. The third-order valence-corrected chi connectivity index (χ3v) is 5.82. The van der Waals surface area contributed by atoms with Gasteiger partial charge in [0.1, 0.15) is 0 Å². The van der Waals surface area contributed by atoms with Crippen molar-refractivity contribution in [3.63, 3.8) is 0 Å². The Hall–Kier alpha value is -1.72. The van der Waals surface area contributed by atoms with Crippen molar-refractivity contribution in [2.75, 3.05) is 6.54 Å². The van der Waals surface area contributed by atoms with E-state index in [1.807, 2.05) is 31.2 Å². The van der Waals surface area contributed by atoms with Crippen molar-refractivity contribution >= 4 is 10.0 Å². The Labute approximate surface area is 125 Å². The zero-order chi connectivity index (χ0) is 14.9. The maximum Gasteiger partial charge on any atom is 0.243 e. The fourth-order valence-electron chi connectivity index (χ4n) is 2.78. The van der Waals surface area contributed by atoms with Gasteiger partial charge in [-0.05, 0) is 43.5 Å². The number of sulfonamides is 1. The molecule has 1 aliphatic rings. The lowest BCUT2D eigenvalue weighted by Gasteiger charge is -2.24. The van der Waals surface area contributed by atoms with E-state index in [2.05, 4.69) is 4.98 Å². The number of aryl methyl sites for hydroxylation is 1. The molecule has 0 aliphatic carbocycles. The Morgan fingerprint density at radius 2 is 1.95 bits per heavy atom. The predicted molar refractivity (Wildman–Crippen MR) is 81.3 cm³/mol. The normalized spacial score (nSPS) is 19.8. The van der Waals surface area contributed by atoms with Crippen LogP contribution in [0.5, 0.6) is 0 Å². The Bertz CT molecular complexity index is 712. The summed E-state index contributed by atoms with van der Waals surface area (Å²) in [5, 5.41) is 0. The Morgan fingerprint density at radius 3 is 2.62 bits per heavy atom. The van der Waals surface area contributed by atoms with Gasteiger partial charge in [-0.3, -0.25) is 4.98 Å². The summed E-state index contributed by atoms with van der Waals surface area (Å²) < 4.78 is 27.3. The molecule has 1 atom stereocenters. The molecule has 0 bridgehead atoms. The molecule has 3 rings (SSSR count). The second-order valence-corrected chi connectivity index (χ2v) is 7.26. The Morgan fingerprint density at radius 1 is 1.19 bits per heavy atom. The first-order valence-electron chi connectivity index (χ1n) is 7.07. The molecule has 2 heterocycles. The van der Waals surface area contributed by atoms with Gasteiger partial charge in [0.05, 0.1) is 10.9 Å². The zero-order valence-corrected chi connectivity index (χ0v) is 12.8. The van der Waals surface area contributed by atoms with Crippen LogP contribution in [0.2, 0.25) is 0 Å². The summed E-state index contributed by atoms with van der Waals surface area (Å²) in [5.41, 5.74) is 2.02. The average Bonchev–Trinajstić information content (AvgIpc) is 2.99. The van der Waals surface area contributed by atoms with Crippen LogP contribution in [-0.4, -0.2) is 24.3 Å². The third kappa shape index (κ3) is 2.71. The fraction of sp³-hybridized carbons (Fsp3) is 0.312. The molecule has 1 aromatic carbocycles. The zero-order valence-electron chi connectivity index (χ0n) is 11.9. The molecule has 1 aromatic heterocycles. The van der Waals surface area contributed by atoms with Crippen LogP contribution in [0.1, 0.15) is 30.0 Å². The number of nitrogens with zero attached hydrogens (tertiary/aromatic N) is 2. The maximum atomic E-state index is 12.8. The Balaban J connectivity index is 1.96. The van der Waals surface area contributed by atoms with Gasteiger partial charge in [0, 0.05) is 18.9 Å². The van der Waals surface area contributed by atoms with Gasteiger partial charge in [-0.1, -0.05) is 23.8 Å². The summed E-state index contributed by atoms with van der Waals surface area (Å²) in [7, 11) is -3.45. The van der Waals surface area contributed by atoms with Crippen LogP contribution >= 0.6 is 0 Å². The molecule has 4 nitrogen and oxygen atoms in total. The number of rotatable bonds is 3. The number of aromatic nitrogens is 1. The molecular weight excluding hydrogens is 284 g/mol. The van der Waals surface area contributed by atoms with Crippen molar-refractivity contribution in [1.29, 1.82) is 0 Å². The molecule has 5 heteroatoms. The lowest BCUT2D eigenvalue weighted by Crippen LogP contribution is -2.30. The molecule has 2 aromatic rings. The minimum atomic E-state index is -3.45.